The highest BCUT2D eigenvalue weighted by molar-refractivity contribution is 7.92. The highest BCUT2D eigenvalue weighted by atomic mass is 35.5. The Labute approximate surface area is 196 Å². The van der Waals surface area contributed by atoms with E-state index >= 15 is 0 Å². The standard InChI is InChI=1S/C21H22Cl2N2O6S/c1-13(20(26)24-12-16-3-2-10-30-16)31-21(27)18-11-17(8-9-19(18)23)32(28,29)25-15-6-4-14(22)5-7-15/h4-9,11,13,16,25H,2-3,10,12H2,1H3,(H,24,26)/t13-,16+/m1/s1. The fourth-order valence-corrected chi connectivity index (χ4v) is 4.41. The summed E-state index contributed by atoms with van der Waals surface area (Å²) in [7, 11) is -4.01. The van der Waals surface area contributed by atoms with Crippen molar-refractivity contribution in [3.63, 3.8) is 0 Å². The predicted molar refractivity (Wildman–Crippen MR) is 121 cm³/mol. The number of sulfonamides is 1. The van der Waals surface area contributed by atoms with Crippen LogP contribution in [-0.4, -0.2) is 45.7 Å². The molecule has 0 bridgehead atoms. The molecule has 1 fully saturated rings. The van der Waals surface area contributed by atoms with E-state index < -0.39 is 28.0 Å². The average molecular weight is 501 g/mol. The van der Waals surface area contributed by atoms with Gasteiger partial charge in [0.1, 0.15) is 0 Å². The van der Waals surface area contributed by atoms with E-state index in [1.54, 1.807) is 0 Å². The quantitative estimate of drug-likeness (QED) is 0.535. The summed E-state index contributed by atoms with van der Waals surface area (Å²) in [5.41, 5.74) is 0.120. The molecule has 0 saturated carbocycles. The molecule has 2 aromatic rings. The summed E-state index contributed by atoms with van der Waals surface area (Å²) in [6.07, 6.45) is 0.643. The molecular weight excluding hydrogens is 479 g/mol. The van der Waals surface area contributed by atoms with E-state index in [9.17, 15) is 18.0 Å². The highest BCUT2D eigenvalue weighted by Crippen LogP contribution is 2.24. The van der Waals surface area contributed by atoms with Crippen LogP contribution in [-0.2, 0) is 24.3 Å². The number of ether oxygens (including phenoxy) is 2. The smallest absolute Gasteiger partial charge is 0.340 e. The first-order chi connectivity index (χ1) is 15.2. The Bertz CT molecular complexity index is 1090. The summed E-state index contributed by atoms with van der Waals surface area (Å²) in [5.74, 6) is -1.41. The van der Waals surface area contributed by atoms with Gasteiger partial charge in [-0.3, -0.25) is 9.52 Å². The molecule has 1 saturated heterocycles. The van der Waals surface area contributed by atoms with Gasteiger partial charge < -0.3 is 14.8 Å². The third kappa shape index (κ3) is 6.35. The molecule has 2 N–H and O–H groups in total. The lowest BCUT2D eigenvalue weighted by atomic mass is 10.2. The minimum atomic E-state index is -4.01. The fourth-order valence-electron chi connectivity index (χ4n) is 3.00. The van der Waals surface area contributed by atoms with Crippen molar-refractivity contribution in [1.82, 2.24) is 5.32 Å². The summed E-state index contributed by atoms with van der Waals surface area (Å²) >= 11 is 11.9. The molecule has 1 aliphatic rings. The molecule has 1 heterocycles. The Kier molecular flexibility index (Phi) is 8.00. The van der Waals surface area contributed by atoms with E-state index in [1.165, 1.54) is 43.3 Å². The first kappa shape index (κ1) is 24.3. The molecule has 2 aromatic carbocycles. The minimum absolute atomic E-state index is 0.00703. The summed E-state index contributed by atoms with van der Waals surface area (Å²) in [6.45, 7) is 2.40. The van der Waals surface area contributed by atoms with Crippen molar-refractivity contribution in [3.8, 4) is 0 Å². The molecule has 0 aliphatic carbocycles. The topological polar surface area (TPSA) is 111 Å². The third-order valence-corrected chi connectivity index (χ3v) is 6.71. The molecule has 0 unspecified atom stereocenters. The second-order valence-corrected chi connectivity index (χ2v) is 9.71. The van der Waals surface area contributed by atoms with E-state index in [4.69, 9.17) is 32.7 Å². The van der Waals surface area contributed by atoms with Gasteiger partial charge in [-0.2, -0.15) is 0 Å². The van der Waals surface area contributed by atoms with Gasteiger partial charge in [0.2, 0.25) is 0 Å². The average Bonchev–Trinajstić information content (AvgIpc) is 3.27. The normalized spacial score (nSPS) is 16.9. The molecule has 3 rings (SSSR count). The van der Waals surface area contributed by atoms with Crippen LogP contribution in [0.25, 0.3) is 0 Å². The number of amides is 1. The fraction of sp³-hybridized carbons (Fsp3) is 0.333. The molecule has 0 spiro atoms. The summed E-state index contributed by atoms with van der Waals surface area (Å²) in [4.78, 5) is 24.6. The Balaban J connectivity index is 1.67. The van der Waals surface area contributed by atoms with Gasteiger partial charge in [-0.05, 0) is 62.2 Å². The lowest BCUT2D eigenvalue weighted by molar-refractivity contribution is -0.129. The van der Waals surface area contributed by atoms with Crippen molar-refractivity contribution in [2.24, 2.45) is 0 Å². The first-order valence-electron chi connectivity index (χ1n) is 9.84. The summed E-state index contributed by atoms with van der Waals surface area (Å²) in [6, 6.07) is 9.71. The maximum absolute atomic E-state index is 12.7. The van der Waals surface area contributed by atoms with Crippen LogP contribution < -0.4 is 10.0 Å². The Morgan fingerprint density at radius 1 is 1.19 bits per heavy atom. The lowest BCUT2D eigenvalue weighted by Crippen LogP contribution is -2.39. The van der Waals surface area contributed by atoms with Crippen LogP contribution in [0.2, 0.25) is 10.0 Å². The molecule has 2 atom stereocenters. The van der Waals surface area contributed by atoms with Crippen LogP contribution in [0.3, 0.4) is 0 Å². The monoisotopic (exact) mass is 500 g/mol. The maximum atomic E-state index is 12.7. The van der Waals surface area contributed by atoms with E-state index in [0.29, 0.717) is 23.9 Å². The number of hydrogen-bond acceptors (Lipinski definition) is 6. The first-order valence-corrected chi connectivity index (χ1v) is 12.1. The maximum Gasteiger partial charge on any atom is 0.340 e. The predicted octanol–water partition coefficient (Wildman–Crippen LogP) is 3.63. The zero-order valence-corrected chi connectivity index (χ0v) is 19.5. The second kappa shape index (κ2) is 10.5. The molecule has 1 amide bonds. The molecule has 0 radical (unpaired) electrons. The number of carbonyl (C=O) groups is 2. The van der Waals surface area contributed by atoms with Crippen LogP contribution in [0.4, 0.5) is 5.69 Å². The van der Waals surface area contributed by atoms with Crippen molar-refractivity contribution in [2.75, 3.05) is 17.9 Å². The van der Waals surface area contributed by atoms with Gasteiger partial charge in [0.05, 0.1) is 21.6 Å². The van der Waals surface area contributed by atoms with E-state index in [0.717, 1.165) is 18.9 Å². The van der Waals surface area contributed by atoms with E-state index in [1.807, 2.05) is 0 Å². The molecule has 0 aromatic heterocycles. The second-order valence-electron chi connectivity index (χ2n) is 7.18. The number of carbonyl (C=O) groups excluding carboxylic acids is 2. The van der Waals surface area contributed by atoms with Crippen LogP contribution in [0.1, 0.15) is 30.1 Å². The zero-order chi connectivity index (χ0) is 23.3. The molecular formula is C21H22Cl2N2O6S. The molecule has 11 heteroatoms. The Morgan fingerprint density at radius 3 is 2.56 bits per heavy atom. The number of halogens is 2. The van der Waals surface area contributed by atoms with Gasteiger partial charge in [0.25, 0.3) is 15.9 Å². The van der Waals surface area contributed by atoms with E-state index in [-0.39, 0.29) is 21.6 Å². The number of hydrogen-bond donors (Lipinski definition) is 2. The Hall–Kier alpha value is -2.33. The number of esters is 1. The highest BCUT2D eigenvalue weighted by Gasteiger charge is 2.24. The SMILES string of the molecule is C[C@@H](OC(=O)c1cc(S(=O)(=O)Nc2ccc(Cl)cc2)ccc1Cl)C(=O)NC[C@@H]1CCCO1. The van der Waals surface area contributed by atoms with Gasteiger partial charge in [0, 0.05) is 23.9 Å². The number of anilines is 1. The van der Waals surface area contributed by atoms with Crippen molar-refractivity contribution in [2.45, 2.75) is 36.9 Å². The molecule has 1 aliphatic heterocycles. The number of nitrogens with one attached hydrogen (secondary N) is 2. The minimum Gasteiger partial charge on any atom is -0.449 e. The van der Waals surface area contributed by atoms with Crippen LogP contribution in [0, 0.1) is 0 Å². The van der Waals surface area contributed by atoms with Gasteiger partial charge in [-0.1, -0.05) is 23.2 Å². The lowest BCUT2D eigenvalue weighted by Gasteiger charge is -2.16. The summed E-state index contributed by atoms with van der Waals surface area (Å²) < 4.78 is 38.4. The van der Waals surface area contributed by atoms with Gasteiger partial charge in [-0.15, -0.1) is 0 Å². The van der Waals surface area contributed by atoms with Crippen LogP contribution >= 0.6 is 23.2 Å². The number of benzene rings is 2. The van der Waals surface area contributed by atoms with Gasteiger partial charge >= 0.3 is 5.97 Å². The van der Waals surface area contributed by atoms with Crippen molar-refractivity contribution in [3.05, 3.63) is 58.1 Å². The van der Waals surface area contributed by atoms with E-state index in [2.05, 4.69) is 10.0 Å². The zero-order valence-electron chi connectivity index (χ0n) is 17.1. The van der Waals surface area contributed by atoms with Crippen molar-refractivity contribution >= 4 is 50.8 Å². The van der Waals surface area contributed by atoms with Crippen LogP contribution in [0.15, 0.2) is 47.4 Å². The van der Waals surface area contributed by atoms with Crippen LogP contribution in [0.5, 0.6) is 0 Å². The molecule has 8 nitrogen and oxygen atoms in total. The van der Waals surface area contributed by atoms with Crippen molar-refractivity contribution < 1.29 is 27.5 Å². The number of rotatable bonds is 8. The van der Waals surface area contributed by atoms with Gasteiger partial charge in [-0.25, -0.2) is 13.2 Å². The summed E-state index contributed by atoms with van der Waals surface area (Å²) in [5, 5.41) is 3.12. The molecule has 172 valence electrons. The van der Waals surface area contributed by atoms with Crippen molar-refractivity contribution in [1.29, 1.82) is 0 Å². The van der Waals surface area contributed by atoms with Gasteiger partial charge in [0.15, 0.2) is 6.10 Å². The largest absolute Gasteiger partial charge is 0.449 e. The Morgan fingerprint density at radius 2 is 1.91 bits per heavy atom. The third-order valence-electron chi connectivity index (χ3n) is 4.75. The molecule has 32 heavy (non-hydrogen) atoms.